The van der Waals surface area contributed by atoms with Crippen LogP contribution in [-0.2, 0) is 28.5 Å². The van der Waals surface area contributed by atoms with Crippen molar-refractivity contribution in [2.45, 2.75) is 132 Å². The first-order valence-electron chi connectivity index (χ1n) is 14.5. The van der Waals surface area contributed by atoms with Crippen LogP contribution in [0.4, 0.5) is 0 Å². The third kappa shape index (κ3) is 10.1. The Morgan fingerprint density at radius 1 is 0.854 bits per heavy atom. The van der Waals surface area contributed by atoms with Crippen molar-refractivity contribution >= 4 is 51.2 Å². The Labute approximate surface area is 274 Å². The van der Waals surface area contributed by atoms with Gasteiger partial charge in [0, 0.05) is 47.6 Å². The van der Waals surface area contributed by atoms with Gasteiger partial charge >= 0.3 is 5.97 Å². The summed E-state index contributed by atoms with van der Waals surface area (Å²) in [4.78, 5) is 18.1. The number of hydrogen-bond acceptors (Lipinski definition) is 7. The molecule has 0 radical (unpaired) electrons. The lowest BCUT2D eigenvalue weighted by atomic mass is 9.87. The Hall–Kier alpha value is -0.290. The quantitative estimate of drug-likeness (QED) is 0.113. The Morgan fingerprint density at radius 2 is 1.34 bits per heavy atom. The fourth-order valence-electron chi connectivity index (χ4n) is 6.42. The minimum atomic E-state index is -0.230. The number of hydrogen-bond donors (Lipinski definition) is 1. The maximum absolute atomic E-state index is 11.3. The molecule has 0 aromatic heterocycles. The monoisotopic (exact) mass is 802 g/mol. The Balaban J connectivity index is 0.000000281. The van der Waals surface area contributed by atoms with Crippen LogP contribution in [0.1, 0.15) is 84.5 Å². The second-order valence-electron chi connectivity index (χ2n) is 11.3. The van der Waals surface area contributed by atoms with E-state index in [4.69, 9.17) is 37.2 Å². The van der Waals surface area contributed by atoms with Crippen molar-refractivity contribution < 1.29 is 33.6 Å². The van der Waals surface area contributed by atoms with Gasteiger partial charge in [0.1, 0.15) is 11.2 Å². The highest BCUT2D eigenvalue weighted by atomic mass is 127. The van der Waals surface area contributed by atoms with E-state index in [1.807, 2.05) is 0 Å². The molecule has 41 heavy (non-hydrogen) atoms. The molecule has 9 nitrogen and oxygen atoms in total. The molecule has 234 valence electrons. The summed E-state index contributed by atoms with van der Waals surface area (Å²) >= 11 is 4.76. The summed E-state index contributed by atoms with van der Waals surface area (Å²) in [5.74, 6) is -0.187. The van der Waals surface area contributed by atoms with E-state index in [0.717, 1.165) is 73.1 Å². The van der Waals surface area contributed by atoms with Gasteiger partial charge in [0.05, 0.1) is 43.7 Å². The van der Waals surface area contributed by atoms with E-state index in [-0.39, 0.29) is 67.8 Å². The number of methoxy groups -OCH3 is 1. The number of nitrogens with zero attached hydrogens (tertiary/aromatic N) is 2. The molecule has 8 atom stereocenters. The van der Waals surface area contributed by atoms with Crippen LogP contribution < -0.4 is 0 Å². The Kier molecular flexibility index (Phi) is 16.7. The summed E-state index contributed by atoms with van der Waals surface area (Å²) in [5.41, 5.74) is -0.377. The highest BCUT2D eigenvalue weighted by Gasteiger charge is 2.53. The second-order valence-corrected chi connectivity index (χ2v) is 12.8. The van der Waals surface area contributed by atoms with Crippen LogP contribution >= 0.6 is 45.2 Å². The first-order chi connectivity index (χ1) is 19.4. The molecule has 0 aromatic carbocycles. The maximum Gasteiger partial charge on any atom is 0.305 e. The zero-order valence-corrected chi connectivity index (χ0v) is 27.8. The summed E-state index contributed by atoms with van der Waals surface area (Å²) in [5, 5.41) is 8.93. The van der Waals surface area contributed by atoms with Crippen molar-refractivity contribution in [2.75, 3.05) is 35.7 Å². The molecule has 0 amide bonds. The average molecular weight is 803 g/mol. The molecule has 0 bridgehead atoms. The van der Waals surface area contributed by atoms with Crippen LogP contribution in [0, 0.1) is 13.1 Å². The van der Waals surface area contributed by atoms with E-state index < -0.39 is 0 Å². The van der Waals surface area contributed by atoms with Crippen molar-refractivity contribution in [1.29, 1.82) is 0 Å². The van der Waals surface area contributed by atoms with Crippen molar-refractivity contribution in [3.8, 4) is 0 Å². The molecule has 0 saturated carbocycles. The van der Waals surface area contributed by atoms with Gasteiger partial charge < -0.3 is 38.5 Å². The summed E-state index contributed by atoms with van der Waals surface area (Å²) in [6.07, 6.45) is 11.3. The van der Waals surface area contributed by atoms with Crippen molar-refractivity contribution in [2.24, 2.45) is 0 Å². The van der Waals surface area contributed by atoms with Crippen LogP contribution in [0.15, 0.2) is 0 Å². The number of aliphatic hydroxyl groups is 1. The molecule has 4 aliphatic heterocycles. The van der Waals surface area contributed by atoms with Gasteiger partial charge in [-0.25, -0.2) is 13.1 Å². The highest BCUT2D eigenvalue weighted by molar-refractivity contribution is 14.1. The summed E-state index contributed by atoms with van der Waals surface area (Å²) in [6, 6.07) is 0. The lowest BCUT2D eigenvalue weighted by Crippen LogP contribution is -2.49. The normalized spacial score (nSPS) is 35.5. The zero-order valence-electron chi connectivity index (χ0n) is 23.5. The van der Waals surface area contributed by atoms with Crippen LogP contribution in [-0.4, -0.2) is 94.6 Å². The van der Waals surface area contributed by atoms with E-state index >= 15 is 0 Å². The highest BCUT2D eigenvalue weighted by Crippen LogP contribution is 2.45. The molecule has 11 heteroatoms. The molecule has 4 rings (SSSR count). The zero-order chi connectivity index (χ0) is 29.0. The number of fused-ring (bicyclic) bond motifs is 2. The van der Waals surface area contributed by atoms with Gasteiger partial charge in [-0.05, 0) is 44.9 Å². The Morgan fingerprint density at radius 3 is 1.76 bits per heavy atom. The molecular weight excluding hydrogens is 754 g/mol. The number of alkyl halides is 2. The molecule has 0 aromatic rings. The maximum atomic E-state index is 11.3. The van der Waals surface area contributed by atoms with E-state index in [1.54, 1.807) is 0 Å². The van der Waals surface area contributed by atoms with Gasteiger partial charge in [-0.2, -0.15) is 0 Å². The molecule has 4 saturated heterocycles. The topological polar surface area (TPSA) is 92.2 Å². The molecule has 1 N–H and O–H groups in total. The molecule has 0 aliphatic carbocycles. The number of carbonyl (C=O) groups excluding carboxylic acids is 1. The van der Waals surface area contributed by atoms with E-state index in [9.17, 15) is 4.79 Å². The fraction of sp³-hybridized carbons (Fsp3) is 0.900. The molecule has 4 fully saturated rings. The lowest BCUT2D eigenvalue weighted by molar-refractivity contribution is -0.152. The largest absolute Gasteiger partial charge is 0.469 e. The predicted octanol–water partition coefficient (Wildman–Crippen LogP) is 5.97. The van der Waals surface area contributed by atoms with Crippen LogP contribution in [0.25, 0.3) is 9.69 Å². The molecular formula is C30H48I2N2O7. The van der Waals surface area contributed by atoms with Gasteiger partial charge in [0.25, 0.3) is 0 Å². The minimum absolute atomic E-state index is 0. The number of rotatable bonds is 12. The average Bonchev–Trinajstić information content (AvgIpc) is 3.55. The third-order valence-electron chi connectivity index (χ3n) is 8.50. The minimum Gasteiger partial charge on any atom is -0.469 e. The van der Waals surface area contributed by atoms with Gasteiger partial charge in [0.15, 0.2) is 0 Å². The van der Waals surface area contributed by atoms with E-state index in [2.05, 4.69) is 59.6 Å². The number of ether oxygens (including phenoxy) is 5. The standard InChI is InChI=1S/C15H22INO4.C14H22INO3.CH4/c1-17-8-7-11-3-5-13-15(10-16,21-11)9-12(20-13)4-6-14(18)19-2;1-16-7-6-11-4-5-13-14(10-15,19-11)9-12(18-13)3-2-8-17;/h11-13H,3-10H2,2H3;11-13,17H,2-10H2;1H4/t11-,12+,13+,15-;11-,12+,13+,14-;/m11./s1. The fourth-order valence-corrected chi connectivity index (χ4v) is 8.38. The molecule has 4 aliphatic rings. The van der Waals surface area contributed by atoms with Crippen molar-refractivity contribution in [3.63, 3.8) is 0 Å². The summed E-state index contributed by atoms with van der Waals surface area (Å²) in [7, 11) is 1.41. The molecule has 0 spiro atoms. The van der Waals surface area contributed by atoms with Crippen LogP contribution in [0.5, 0.6) is 0 Å². The van der Waals surface area contributed by atoms with Crippen molar-refractivity contribution in [3.05, 3.63) is 22.8 Å². The SMILES string of the molecule is C.[C-]#[N+]CC[C@H]1CC[C@@H]2O[C@@H](CCC(=O)OC)C[C@]2(CI)O1.[C-]#[N+]CC[C@H]1CC[C@@H]2O[C@@H](CCCO)C[C@]2(CI)O1. The van der Waals surface area contributed by atoms with Crippen LogP contribution in [0.3, 0.4) is 0 Å². The van der Waals surface area contributed by atoms with Crippen LogP contribution in [0.2, 0.25) is 0 Å². The van der Waals surface area contributed by atoms with Crippen molar-refractivity contribution in [1.82, 2.24) is 0 Å². The first kappa shape index (κ1) is 36.9. The van der Waals surface area contributed by atoms with E-state index in [0.29, 0.717) is 25.9 Å². The Bertz CT molecular complexity index is 884. The van der Waals surface area contributed by atoms with Gasteiger partial charge in [-0.1, -0.05) is 52.6 Å². The van der Waals surface area contributed by atoms with Gasteiger partial charge in [0.2, 0.25) is 13.1 Å². The van der Waals surface area contributed by atoms with Gasteiger partial charge in [-0.15, -0.1) is 0 Å². The summed E-state index contributed by atoms with van der Waals surface area (Å²) < 4.78 is 31.4. The second kappa shape index (κ2) is 18.5. The third-order valence-corrected chi connectivity index (χ3v) is 11.1. The molecule has 4 heterocycles. The number of aliphatic hydroxyl groups excluding tert-OH is 1. The number of halogens is 2. The first-order valence-corrected chi connectivity index (χ1v) is 17.5. The van der Waals surface area contributed by atoms with E-state index in [1.165, 1.54) is 7.11 Å². The summed E-state index contributed by atoms with van der Waals surface area (Å²) in [6.45, 7) is 15.1. The lowest BCUT2D eigenvalue weighted by Gasteiger charge is -2.40. The number of esters is 1. The molecule has 0 unspecified atom stereocenters. The number of carbonyl (C=O) groups is 1. The smallest absolute Gasteiger partial charge is 0.305 e. The van der Waals surface area contributed by atoms with Gasteiger partial charge in [-0.3, -0.25) is 4.79 Å². The predicted molar refractivity (Wildman–Crippen MR) is 174 cm³/mol.